The molecular formula is C9H9NO4. The van der Waals surface area contributed by atoms with E-state index in [9.17, 15) is 20.5 Å². The van der Waals surface area contributed by atoms with Crippen molar-refractivity contribution >= 4 is 5.76 Å². The van der Waals surface area contributed by atoms with Crippen LogP contribution in [0.5, 0.6) is 0 Å². The van der Waals surface area contributed by atoms with Gasteiger partial charge in [-0.25, -0.2) is 0 Å². The summed E-state index contributed by atoms with van der Waals surface area (Å²) in [5, 5.41) is 37.5. The van der Waals surface area contributed by atoms with Crippen LogP contribution in [-0.2, 0) is 0 Å². The number of fused-ring (bicyclic) bond motifs is 1. The molecule has 0 saturated heterocycles. The Kier molecular flexibility index (Phi) is 1.83. The smallest absolute Gasteiger partial charge is 0.258 e. The molecule has 4 N–H and O–H groups in total. The molecule has 1 aliphatic heterocycles. The predicted octanol–water partition coefficient (Wildman–Crippen LogP) is 1.12. The van der Waals surface area contributed by atoms with Crippen molar-refractivity contribution in [2.45, 2.75) is 6.23 Å². The Labute approximate surface area is 79.7 Å². The van der Waals surface area contributed by atoms with E-state index in [1.54, 1.807) is 18.2 Å². The highest BCUT2D eigenvalue weighted by molar-refractivity contribution is 5.65. The summed E-state index contributed by atoms with van der Waals surface area (Å²) in [6.07, 6.45) is -1.36. The van der Waals surface area contributed by atoms with Gasteiger partial charge in [-0.1, -0.05) is 24.3 Å². The maximum Gasteiger partial charge on any atom is 0.258 e. The van der Waals surface area contributed by atoms with Gasteiger partial charge in [-0.15, -0.1) is 0 Å². The topological polar surface area (TPSA) is 84.2 Å². The highest BCUT2D eigenvalue weighted by Gasteiger charge is 2.30. The minimum Gasteiger partial charge on any atom is -0.503 e. The first-order chi connectivity index (χ1) is 6.63. The lowest BCUT2D eigenvalue weighted by molar-refractivity contribution is -0.199. The molecule has 0 amide bonds. The third kappa shape index (κ3) is 1.03. The number of aliphatic hydroxyl groups is 3. The van der Waals surface area contributed by atoms with E-state index in [-0.39, 0.29) is 5.06 Å². The van der Waals surface area contributed by atoms with Crippen molar-refractivity contribution in [1.29, 1.82) is 0 Å². The molecule has 1 aromatic rings. The van der Waals surface area contributed by atoms with Gasteiger partial charge in [0.15, 0.2) is 12.0 Å². The van der Waals surface area contributed by atoms with Crippen LogP contribution < -0.4 is 0 Å². The Morgan fingerprint density at radius 1 is 1.14 bits per heavy atom. The maximum absolute atomic E-state index is 9.49. The fraction of sp³-hybridized carbons (Fsp3) is 0.111. The summed E-state index contributed by atoms with van der Waals surface area (Å²) in [6.45, 7) is 0. The molecule has 0 bridgehead atoms. The average Bonchev–Trinajstić information content (AvgIpc) is 2.23. The lowest BCUT2D eigenvalue weighted by Gasteiger charge is -2.28. The second-order valence-corrected chi connectivity index (χ2v) is 2.98. The van der Waals surface area contributed by atoms with Gasteiger partial charge in [0.2, 0.25) is 0 Å². The second-order valence-electron chi connectivity index (χ2n) is 2.98. The lowest BCUT2D eigenvalue weighted by Crippen LogP contribution is -2.29. The molecule has 1 atom stereocenters. The quantitative estimate of drug-likeness (QED) is 0.498. The van der Waals surface area contributed by atoms with Crippen molar-refractivity contribution in [2.75, 3.05) is 0 Å². The molecule has 1 heterocycles. The van der Waals surface area contributed by atoms with Crippen LogP contribution in [0.25, 0.3) is 5.76 Å². The number of benzene rings is 1. The fourth-order valence-electron chi connectivity index (χ4n) is 1.41. The Morgan fingerprint density at radius 3 is 2.50 bits per heavy atom. The van der Waals surface area contributed by atoms with Gasteiger partial charge in [-0.3, -0.25) is 5.21 Å². The lowest BCUT2D eigenvalue weighted by atomic mass is 10.0. The van der Waals surface area contributed by atoms with Crippen LogP contribution in [0.4, 0.5) is 0 Å². The molecule has 5 nitrogen and oxygen atoms in total. The minimum absolute atomic E-state index is 0.206. The molecule has 1 aromatic carbocycles. The molecule has 14 heavy (non-hydrogen) atoms. The molecule has 0 aliphatic carbocycles. The average molecular weight is 195 g/mol. The van der Waals surface area contributed by atoms with E-state index in [1.807, 2.05) is 0 Å². The molecule has 0 radical (unpaired) electrons. The highest BCUT2D eigenvalue weighted by atomic mass is 16.6. The van der Waals surface area contributed by atoms with E-state index >= 15 is 0 Å². The van der Waals surface area contributed by atoms with E-state index in [0.717, 1.165) is 0 Å². The molecule has 74 valence electrons. The van der Waals surface area contributed by atoms with Crippen LogP contribution in [0.15, 0.2) is 30.1 Å². The first-order valence-electron chi connectivity index (χ1n) is 4.00. The summed E-state index contributed by atoms with van der Waals surface area (Å²) in [4.78, 5) is 0. The van der Waals surface area contributed by atoms with Gasteiger partial charge in [-0.05, 0) is 0 Å². The van der Waals surface area contributed by atoms with Gasteiger partial charge in [0.25, 0.3) is 5.88 Å². The summed E-state index contributed by atoms with van der Waals surface area (Å²) in [5.41, 5.74) is 0.646. The van der Waals surface area contributed by atoms with Crippen LogP contribution in [0.1, 0.15) is 17.4 Å². The van der Waals surface area contributed by atoms with Crippen molar-refractivity contribution in [1.82, 2.24) is 5.06 Å². The van der Waals surface area contributed by atoms with Gasteiger partial charge in [0.05, 0.1) is 0 Å². The number of hydrogen-bond donors (Lipinski definition) is 4. The third-order valence-corrected chi connectivity index (χ3v) is 2.15. The van der Waals surface area contributed by atoms with E-state index in [2.05, 4.69) is 0 Å². The number of hydroxylamine groups is 2. The summed E-state index contributed by atoms with van der Waals surface area (Å²) in [5.74, 6) is -1.20. The van der Waals surface area contributed by atoms with Crippen molar-refractivity contribution in [3.63, 3.8) is 0 Å². The first kappa shape index (κ1) is 8.86. The number of nitrogens with zero attached hydrogens (tertiary/aromatic N) is 1. The molecule has 1 unspecified atom stereocenters. The second kappa shape index (κ2) is 2.90. The Balaban J connectivity index is 2.65. The van der Waals surface area contributed by atoms with Gasteiger partial charge in [0.1, 0.15) is 0 Å². The maximum atomic E-state index is 9.49. The van der Waals surface area contributed by atoms with Crippen LogP contribution in [0, 0.1) is 0 Å². The molecule has 5 heteroatoms. The van der Waals surface area contributed by atoms with Gasteiger partial charge in [-0.2, -0.15) is 5.06 Å². The zero-order chi connectivity index (χ0) is 10.3. The molecule has 0 saturated carbocycles. The molecule has 0 aromatic heterocycles. The molecular weight excluding hydrogens is 186 g/mol. The molecule has 1 aliphatic rings. The van der Waals surface area contributed by atoms with Crippen molar-refractivity contribution in [3.8, 4) is 0 Å². The SMILES string of the molecule is OC1=C(O)N(O)C(O)c2ccccc21. The summed E-state index contributed by atoms with van der Waals surface area (Å²) >= 11 is 0. The van der Waals surface area contributed by atoms with E-state index in [4.69, 9.17) is 0 Å². The van der Waals surface area contributed by atoms with Crippen LogP contribution in [0.3, 0.4) is 0 Å². The minimum atomic E-state index is -1.36. The summed E-state index contributed by atoms with van der Waals surface area (Å²) in [7, 11) is 0. The Morgan fingerprint density at radius 2 is 1.79 bits per heavy atom. The predicted molar refractivity (Wildman–Crippen MR) is 47.2 cm³/mol. The molecule has 2 rings (SSSR count). The standard InChI is InChI=1S/C9H9NO4/c11-7-5-3-1-2-4-6(5)8(12)10(14)9(7)13/h1-4,8,11-14H. The monoisotopic (exact) mass is 195 g/mol. The summed E-state index contributed by atoms with van der Waals surface area (Å²) in [6, 6.07) is 6.40. The van der Waals surface area contributed by atoms with Crippen LogP contribution in [0.2, 0.25) is 0 Å². The molecule has 0 fully saturated rings. The number of aliphatic hydroxyl groups excluding tert-OH is 3. The fourth-order valence-corrected chi connectivity index (χ4v) is 1.41. The molecule has 0 spiro atoms. The van der Waals surface area contributed by atoms with Crippen molar-refractivity contribution in [2.24, 2.45) is 0 Å². The van der Waals surface area contributed by atoms with Gasteiger partial charge < -0.3 is 15.3 Å². The largest absolute Gasteiger partial charge is 0.503 e. The first-order valence-corrected chi connectivity index (χ1v) is 4.00. The number of hydrogen-bond acceptors (Lipinski definition) is 5. The van der Waals surface area contributed by atoms with Gasteiger partial charge >= 0.3 is 0 Å². The van der Waals surface area contributed by atoms with Crippen LogP contribution in [-0.4, -0.2) is 25.6 Å². The Hall–Kier alpha value is -1.72. The van der Waals surface area contributed by atoms with E-state index in [0.29, 0.717) is 11.1 Å². The third-order valence-electron chi connectivity index (χ3n) is 2.15. The van der Waals surface area contributed by atoms with Gasteiger partial charge in [0, 0.05) is 11.1 Å². The van der Waals surface area contributed by atoms with E-state index in [1.165, 1.54) is 6.07 Å². The zero-order valence-corrected chi connectivity index (χ0v) is 7.12. The zero-order valence-electron chi connectivity index (χ0n) is 7.12. The normalized spacial score (nSPS) is 21.0. The highest BCUT2D eigenvalue weighted by Crippen LogP contribution is 2.33. The Bertz CT molecular complexity index is 402. The summed E-state index contributed by atoms with van der Waals surface area (Å²) < 4.78 is 0. The van der Waals surface area contributed by atoms with Crippen LogP contribution >= 0.6 is 0 Å². The van der Waals surface area contributed by atoms with Crippen molar-refractivity contribution < 1.29 is 20.5 Å². The van der Waals surface area contributed by atoms with Crippen molar-refractivity contribution in [3.05, 3.63) is 41.3 Å². The number of rotatable bonds is 0. The van der Waals surface area contributed by atoms with E-state index < -0.39 is 17.9 Å².